The van der Waals surface area contributed by atoms with Gasteiger partial charge >= 0.3 is 5.97 Å². The first-order valence-electron chi connectivity index (χ1n) is 13.5. The zero-order valence-corrected chi connectivity index (χ0v) is 24.4. The molecule has 3 aromatic carbocycles. The van der Waals surface area contributed by atoms with E-state index in [9.17, 15) is 14.4 Å². The van der Waals surface area contributed by atoms with E-state index in [1.165, 1.54) is 0 Å². The maximum absolute atomic E-state index is 13.6. The summed E-state index contributed by atoms with van der Waals surface area (Å²) in [4.78, 5) is 42.4. The topological polar surface area (TPSA) is 76.2 Å². The first-order chi connectivity index (χ1) is 19.2. The quantitative estimate of drug-likeness (QED) is 0.214. The van der Waals surface area contributed by atoms with Crippen molar-refractivity contribution in [2.24, 2.45) is 0 Å². The van der Waals surface area contributed by atoms with Crippen LogP contribution in [0, 0.1) is 13.8 Å². The summed E-state index contributed by atoms with van der Waals surface area (Å²) in [6.45, 7) is 6.78. The third-order valence-corrected chi connectivity index (χ3v) is 6.82. The van der Waals surface area contributed by atoms with Crippen molar-refractivity contribution < 1.29 is 23.9 Å². The largest absolute Gasteiger partial charge is 0.497 e. The third-order valence-electron chi connectivity index (χ3n) is 6.57. The van der Waals surface area contributed by atoms with Gasteiger partial charge in [-0.25, -0.2) is 0 Å². The van der Waals surface area contributed by atoms with Crippen molar-refractivity contribution >= 4 is 40.8 Å². The summed E-state index contributed by atoms with van der Waals surface area (Å²) < 4.78 is 10.3. The molecule has 0 atom stereocenters. The SMILES string of the molecule is CCOC(=O)CCCN(C(=O)CCCN(C(=O)c1ccc(Cl)cc1)c1c(C)cccc1C)c1ccc(OC)cc1. The third kappa shape index (κ3) is 8.33. The number of carbonyl (C=O) groups is 3. The summed E-state index contributed by atoms with van der Waals surface area (Å²) in [5, 5.41) is 0.558. The molecule has 3 aromatic rings. The van der Waals surface area contributed by atoms with Crippen LogP contribution in [0.4, 0.5) is 11.4 Å². The Morgan fingerprint density at radius 1 is 0.800 bits per heavy atom. The highest BCUT2D eigenvalue weighted by molar-refractivity contribution is 6.30. The van der Waals surface area contributed by atoms with Gasteiger partial charge in [0, 0.05) is 47.9 Å². The molecule has 8 heteroatoms. The molecule has 2 amide bonds. The lowest BCUT2D eigenvalue weighted by atomic mass is 10.1. The Labute approximate surface area is 241 Å². The lowest BCUT2D eigenvalue weighted by molar-refractivity contribution is -0.143. The van der Waals surface area contributed by atoms with Gasteiger partial charge in [-0.2, -0.15) is 0 Å². The van der Waals surface area contributed by atoms with E-state index in [-0.39, 0.29) is 30.6 Å². The van der Waals surface area contributed by atoms with Crippen molar-refractivity contribution in [2.75, 3.05) is 36.6 Å². The lowest BCUT2D eigenvalue weighted by Gasteiger charge is -2.27. The highest BCUT2D eigenvalue weighted by Crippen LogP contribution is 2.28. The van der Waals surface area contributed by atoms with Crippen LogP contribution in [-0.2, 0) is 14.3 Å². The van der Waals surface area contributed by atoms with Gasteiger partial charge in [-0.15, -0.1) is 0 Å². The minimum Gasteiger partial charge on any atom is -0.497 e. The van der Waals surface area contributed by atoms with E-state index in [0.717, 1.165) is 22.5 Å². The number of methoxy groups -OCH3 is 1. The molecule has 0 fully saturated rings. The van der Waals surface area contributed by atoms with Crippen LogP contribution < -0.4 is 14.5 Å². The molecule has 40 heavy (non-hydrogen) atoms. The van der Waals surface area contributed by atoms with Crippen LogP contribution in [0.5, 0.6) is 5.75 Å². The fourth-order valence-corrected chi connectivity index (χ4v) is 4.72. The molecule has 0 aliphatic rings. The summed E-state index contributed by atoms with van der Waals surface area (Å²) in [7, 11) is 1.59. The smallest absolute Gasteiger partial charge is 0.305 e. The Morgan fingerprint density at radius 3 is 2.00 bits per heavy atom. The molecule has 0 unspecified atom stereocenters. The van der Waals surface area contributed by atoms with Gasteiger partial charge in [-0.3, -0.25) is 14.4 Å². The van der Waals surface area contributed by atoms with Gasteiger partial charge < -0.3 is 19.3 Å². The van der Waals surface area contributed by atoms with Gasteiger partial charge in [0.25, 0.3) is 5.91 Å². The zero-order valence-electron chi connectivity index (χ0n) is 23.6. The number of rotatable bonds is 13. The molecule has 0 saturated carbocycles. The van der Waals surface area contributed by atoms with E-state index in [1.54, 1.807) is 60.2 Å². The number of amides is 2. The molecule has 0 radical (unpaired) electrons. The van der Waals surface area contributed by atoms with Gasteiger partial charge in [0.05, 0.1) is 13.7 Å². The first-order valence-corrected chi connectivity index (χ1v) is 13.9. The number of hydrogen-bond acceptors (Lipinski definition) is 5. The molecule has 0 saturated heterocycles. The Hall–Kier alpha value is -3.84. The molecule has 0 bridgehead atoms. The molecule has 0 heterocycles. The number of ether oxygens (including phenoxy) is 2. The van der Waals surface area contributed by atoms with E-state index in [1.807, 2.05) is 44.2 Å². The Kier molecular flexibility index (Phi) is 11.6. The molecule has 0 spiro atoms. The minimum absolute atomic E-state index is 0.0885. The second-order valence-corrected chi connectivity index (χ2v) is 9.90. The Bertz CT molecular complexity index is 1270. The predicted octanol–water partition coefficient (Wildman–Crippen LogP) is 6.77. The highest BCUT2D eigenvalue weighted by atomic mass is 35.5. The van der Waals surface area contributed by atoms with Gasteiger partial charge in [0.2, 0.25) is 5.91 Å². The van der Waals surface area contributed by atoms with Crippen LogP contribution in [0.3, 0.4) is 0 Å². The molecular weight excluding hydrogens is 528 g/mol. The molecule has 0 aliphatic carbocycles. The average Bonchev–Trinajstić information content (AvgIpc) is 2.94. The second-order valence-electron chi connectivity index (χ2n) is 9.46. The molecule has 0 aromatic heterocycles. The lowest BCUT2D eigenvalue weighted by Crippen LogP contribution is -2.35. The van der Waals surface area contributed by atoms with Crippen LogP contribution in [0.1, 0.15) is 54.1 Å². The average molecular weight is 565 g/mol. The number of aryl methyl sites for hydroxylation is 2. The van der Waals surface area contributed by atoms with Crippen molar-refractivity contribution in [3.63, 3.8) is 0 Å². The van der Waals surface area contributed by atoms with E-state index >= 15 is 0 Å². The van der Waals surface area contributed by atoms with Gasteiger partial charge in [-0.05, 0) is 93.3 Å². The Morgan fingerprint density at radius 2 is 1.40 bits per heavy atom. The number of halogens is 1. The van der Waals surface area contributed by atoms with Crippen LogP contribution in [0.25, 0.3) is 0 Å². The van der Waals surface area contributed by atoms with E-state index in [4.69, 9.17) is 21.1 Å². The number of nitrogens with zero attached hydrogens (tertiary/aromatic N) is 2. The van der Waals surface area contributed by atoms with E-state index in [0.29, 0.717) is 48.9 Å². The molecule has 0 N–H and O–H groups in total. The number of anilines is 2. The number of esters is 1. The number of hydrogen-bond donors (Lipinski definition) is 0. The standard InChI is InChI=1S/C32H37ClN2O5/c1-5-40-30(37)12-8-21-34(27-17-19-28(39-4)20-18-27)29(36)11-7-22-35(31-23(2)9-6-10-24(31)3)32(38)25-13-15-26(33)16-14-25/h6,9-10,13-20H,5,7-8,11-12,21-22H2,1-4H3. The van der Waals surface area contributed by atoms with Gasteiger partial charge in [0.1, 0.15) is 5.75 Å². The summed E-state index contributed by atoms with van der Waals surface area (Å²) in [6.07, 6.45) is 1.38. The van der Waals surface area contributed by atoms with Crippen LogP contribution in [-0.4, -0.2) is 44.6 Å². The van der Waals surface area contributed by atoms with Crippen LogP contribution >= 0.6 is 11.6 Å². The van der Waals surface area contributed by atoms with Crippen LogP contribution in [0.15, 0.2) is 66.7 Å². The predicted molar refractivity (Wildman–Crippen MR) is 159 cm³/mol. The molecular formula is C32H37ClN2O5. The van der Waals surface area contributed by atoms with Gasteiger partial charge in [0.15, 0.2) is 0 Å². The molecule has 212 valence electrons. The monoisotopic (exact) mass is 564 g/mol. The second kappa shape index (κ2) is 15.1. The number of carbonyl (C=O) groups excluding carboxylic acids is 3. The maximum Gasteiger partial charge on any atom is 0.305 e. The van der Waals surface area contributed by atoms with Crippen molar-refractivity contribution in [2.45, 2.75) is 46.5 Å². The van der Waals surface area contributed by atoms with E-state index < -0.39 is 0 Å². The summed E-state index contributed by atoms with van der Waals surface area (Å²) in [5.74, 6) is 0.166. The fraction of sp³-hybridized carbons (Fsp3) is 0.344. The molecule has 3 rings (SSSR count). The van der Waals surface area contributed by atoms with Crippen molar-refractivity contribution in [3.8, 4) is 5.75 Å². The van der Waals surface area contributed by atoms with Crippen molar-refractivity contribution in [3.05, 3.63) is 88.4 Å². The van der Waals surface area contributed by atoms with Gasteiger partial charge in [-0.1, -0.05) is 29.8 Å². The minimum atomic E-state index is -0.283. The molecule has 7 nitrogen and oxygen atoms in total. The summed E-state index contributed by atoms with van der Waals surface area (Å²) >= 11 is 6.05. The summed E-state index contributed by atoms with van der Waals surface area (Å²) in [6, 6.07) is 20.0. The molecule has 0 aliphatic heterocycles. The Balaban J connectivity index is 1.77. The number of benzene rings is 3. The normalized spacial score (nSPS) is 10.6. The zero-order chi connectivity index (χ0) is 29.1. The highest BCUT2D eigenvalue weighted by Gasteiger charge is 2.23. The number of para-hydroxylation sites is 1. The summed E-state index contributed by atoms with van der Waals surface area (Å²) in [5.41, 5.74) is 4.05. The fourth-order valence-electron chi connectivity index (χ4n) is 4.59. The van der Waals surface area contributed by atoms with E-state index in [2.05, 4.69) is 0 Å². The van der Waals surface area contributed by atoms with Crippen molar-refractivity contribution in [1.82, 2.24) is 0 Å². The van der Waals surface area contributed by atoms with Crippen molar-refractivity contribution in [1.29, 1.82) is 0 Å². The van der Waals surface area contributed by atoms with Crippen LogP contribution in [0.2, 0.25) is 5.02 Å². The maximum atomic E-state index is 13.6. The first kappa shape index (κ1) is 30.7.